The van der Waals surface area contributed by atoms with Gasteiger partial charge in [0.25, 0.3) is 5.56 Å². The average molecular weight is 210 g/mol. The summed E-state index contributed by atoms with van der Waals surface area (Å²) in [6.45, 7) is 0.495. The fourth-order valence-electron chi connectivity index (χ4n) is 1.71. The van der Waals surface area contributed by atoms with Crippen molar-refractivity contribution in [1.82, 2.24) is 9.55 Å². The molecule has 0 bridgehead atoms. The highest BCUT2D eigenvalue weighted by atomic mass is 16.4. The molecule has 0 atom stereocenters. The Morgan fingerprint density at radius 1 is 1.40 bits per heavy atom. The van der Waals surface area contributed by atoms with Gasteiger partial charge in [-0.25, -0.2) is 9.78 Å². The first-order valence-electron chi connectivity index (χ1n) is 4.67. The molecule has 1 aliphatic rings. The molecule has 2 heterocycles. The van der Waals surface area contributed by atoms with Gasteiger partial charge in [-0.1, -0.05) is 0 Å². The highest BCUT2D eigenvalue weighted by Gasteiger charge is 2.21. The number of hydrogen-bond donors (Lipinski definition) is 2. The quantitative estimate of drug-likeness (QED) is 0.679. The van der Waals surface area contributed by atoms with Crippen molar-refractivity contribution in [2.45, 2.75) is 25.8 Å². The highest BCUT2D eigenvalue weighted by molar-refractivity contribution is 5.88. The Labute approximate surface area is 84.8 Å². The lowest BCUT2D eigenvalue weighted by Gasteiger charge is -2.17. The van der Waals surface area contributed by atoms with Crippen LogP contribution in [0.5, 0.6) is 5.75 Å². The highest BCUT2D eigenvalue weighted by Crippen LogP contribution is 2.15. The second-order valence-electron chi connectivity index (χ2n) is 3.44. The van der Waals surface area contributed by atoms with Crippen LogP contribution in [0.3, 0.4) is 0 Å². The maximum absolute atomic E-state index is 11.5. The third-order valence-electron chi connectivity index (χ3n) is 2.46. The van der Waals surface area contributed by atoms with E-state index in [2.05, 4.69) is 4.98 Å². The van der Waals surface area contributed by atoms with Crippen LogP contribution in [0.2, 0.25) is 0 Å². The number of aromatic nitrogens is 2. The molecule has 1 aromatic heterocycles. The van der Waals surface area contributed by atoms with Crippen LogP contribution >= 0.6 is 0 Å². The first kappa shape index (κ1) is 9.70. The molecule has 0 unspecified atom stereocenters. The van der Waals surface area contributed by atoms with E-state index in [9.17, 15) is 14.7 Å². The molecular formula is C9H10N2O4. The second kappa shape index (κ2) is 3.38. The van der Waals surface area contributed by atoms with E-state index in [4.69, 9.17) is 5.11 Å². The Morgan fingerprint density at radius 2 is 2.13 bits per heavy atom. The van der Waals surface area contributed by atoms with Crippen LogP contribution in [-0.2, 0) is 13.0 Å². The summed E-state index contributed by atoms with van der Waals surface area (Å²) in [4.78, 5) is 26.0. The molecule has 0 saturated heterocycles. The minimum absolute atomic E-state index is 0.446. The average Bonchev–Trinajstić information content (AvgIpc) is 2.23. The molecule has 0 aromatic carbocycles. The zero-order chi connectivity index (χ0) is 11.0. The number of aryl methyl sites for hydroxylation is 1. The molecule has 0 saturated carbocycles. The SMILES string of the molecule is O=C(O)c1nc2n(c(=O)c1O)CCCC2. The number of aromatic hydroxyl groups is 1. The number of carbonyl (C=O) groups is 1. The zero-order valence-electron chi connectivity index (χ0n) is 7.93. The van der Waals surface area contributed by atoms with Crippen molar-refractivity contribution in [1.29, 1.82) is 0 Å². The number of rotatable bonds is 1. The van der Waals surface area contributed by atoms with Crippen molar-refractivity contribution in [3.63, 3.8) is 0 Å². The van der Waals surface area contributed by atoms with Crippen molar-refractivity contribution >= 4 is 5.97 Å². The van der Waals surface area contributed by atoms with E-state index in [1.165, 1.54) is 4.57 Å². The Hall–Kier alpha value is -1.85. The third-order valence-corrected chi connectivity index (χ3v) is 2.46. The maximum Gasteiger partial charge on any atom is 0.358 e. The molecule has 6 heteroatoms. The lowest BCUT2D eigenvalue weighted by Crippen LogP contribution is -2.30. The van der Waals surface area contributed by atoms with Gasteiger partial charge in [0, 0.05) is 13.0 Å². The van der Waals surface area contributed by atoms with Crippen molar-refractivity contribution < 1.29 is 15.0 Å². The summed E-state index contributed by atoms with van der Waals surface area (Å²) in [7, 11) is 0. The Morgan fingerprint density at radius 3 is 2.80 bits per heavy atom. The van der Waals surface area contributed by atoms with Gasteiger partial charge in [-0.2, -0.15) is 0 Å². The fourth-order valence-corrected chi connectivity index (χ4v) is 1.71. The largest absolute Gasteiger partial charge is 0.501 e. The van der Waals surface area contributed by atoms with Gasteiger partial charge in [-0.15, -0.1) is 0 Å². The van der Waals surface area contributed by atoms with E-state index in [-0.39, 0.29) is 0 Å². The molecule has 0 amide bonds. The molecule has 0 fully saturated rings. The minimum atomic E-state index is -1.38. The molecule has 0 aliphatic carbocycles. The molecule has 80 valence electrons. The predicted molar refractivity (Wildman–Crippen MR) is 50.1 cm³/mol. The summed E-state index contributed by atoms with van der Waals surface area (Å²) in [6.07, 6.45) is 2.31. The van der Waals surface area contributed by atoms with Crippen LogP contribution in [-0.4, -0.2) is 25.7 Å². The van der Waals surface area contributed by atoms with Gasteiger partial charge >= 0.3 is 5.97 Å². The number of carboxylic acids is 1. The third kappa shape index (κ3) is 1.47. The molecular weight excluding hydrogens is 200 g/mol. The van der Waals surface area contributed by atoms with Gasteiger partial charge in [0.05, 0.1) is 0 Å². The van der Waals surface area contributed by atoms with Crippen molar-refractivity contribution in [2.24, 2.45) is 0 Å². The monoisotopic (exact) mass is 210 g/mol. The number of aromatic carboxylic acids is 1. The number of carboxylic acid groups (broad SMARTS) is 1. The summed E-state index contributed by atoms with van der Waals surface area (Å²) in [5.41, 5.74) is -1.20. The molecule has 2 N–H and O–H groups in total. The van der Waals surface area contributed by atoms with E-state index in [0.717, 1.165) is 12.8 Å². The summed E-state index contributed by atoms with van der Waals surface area (Å²) in [6, 6.07) is 0. The van der Waals surface area contributed by atoms with E-state index in [1.54, 1.807) is 0 Å². The number of hydrogen-bond acceptors (Lipinski definition) is 4. The zero-order valence-corrected chi connectivity index (χ0v) is 7.93. The smallest absolute Gasteiger partial charge is 0.358 e. The van der Waals surface area contributed by atoms with Crippen LogP contribution in [0.1, 0.15) is 29.2 Å². The lowest BCUT2D eigenvalue weighted by atomic mass is 10.1. The van der Waals surface area contributed by atoms with E-state index >= 15 is 0 Å². The minimum Gasteiger partial charge on any atom is -0.501 e. The Balaban J connectivity index is 2.68. The van der Waals surface area contributed by atoms with Gasteiger partial charge in [0.2, 0.25) is 5.75 Å². The standard InChI is InChI=1S/C9H10N2O4/c12-7-6(9(14)15)10-5-3-1-2-4-11(5)8(7)13/h12H,1-4H2,(H,14,15). The van der Waals surface area contributed by atoms with Crippen LogP contribution in [0.4, 0.5) is 0 Å². The second-order valence-corrected chi connectivity index (χ2v) is 3.44. The van der Waals surface area contributed by atoms with Crippen LogP contribution < -0.4 is 5.56 Å². The number of nitrogens with zero attached hydrogens (tertiary/aromatic N) is 2. The van der Waals surface area contributed by atoms with Crippen molar-refractivity contribution in [2.75, 3.05) is 0 Å². The van der Waals surface area contributed by atoms with Gasteiger partial charge in [0.1, 0.15) is 5.82 Å². The fraction of sp³-hybridized carbons (Fsp3) is 0.444. The summed E-state index contributed by atoms with van der Waals surface area (Å²) < 4.78 is 1.34. The first-order chi connectivity index (χ1) is 7.11. The van der Waals surface area contributed by atoms with E-state index in [0.29, 0.717) is 18.8 Å². The maximum atomic E-state index is 11.5. The van der Waals surface area contributed by atoms with E-state index in [1.807, 2.05) is 0 Å². The molecule has 2 rings (SSSR count). The van der Waals surface area contributed by atoms with E-state index < -0.39 is 23.0 Å². The summed E-state index contributed by atoms with van der Waals surface area (Å²) >= 11 is 0. The van der Waals surface area contributed by atoms with Crippen LogP contribution in [0.25, 0.3) is 0 Å². The van der Waals surface area contributed by atoms with Gasteiger partial charge in [0.15, 0.2) is 5.69 Å². The van der Waals surface area contributed by atoms with Crippen molar-refractivity contribution in [3.05, 3.63) is 21.9 Å². The Kier molecular flexibility index (Phi) is 2.18. The number of fused-ring (bicyclic) bond motifs is 1. The lowest BCUT2D eigenvalue weighted by molar-refractivity contribution is 0.0685. The molecule has 0 radical (unpaired) electrons. The topological polar surface area (TPSA) is 92.4 Å². The normalized spacial score (nSPS) is 14.7. The molecule has 6 nitrogen and oxygen atoms in total. The predicted octanol–water partition coefficient (Wildman–Crippen LogP) is -0.0166. The Bertz CT molecular complexity index is 478. The molecule has 15 heavy (non-hydrogen) atoms. The molecule has 1 aromatic rings. The van der Waals surface area contributed by atoms with Gasteiger partial charge in [-0.05, 0) is 12.8 Å². The first-order valence-corrected chi connectivity index (χ1v) is 4.67. The summed E-state index contributed by atoms with van der Waals surface area (Å²) in [5, 5.41) is 18.1. The molecule has 0 spiro atoms. The molecule has 1 aliphatic heterocycles. The van der Waals surface area contributed by atoms with Crippen LogP contribution in [0, 0.1) is 0 Å². The van der Waals surface area contributed by atoms with Crippen LogP contribution in [0.15, 0.2) is 4.79 Å². The van der Waals surface area contributed by atoms with Gasteiger partial charge < -0.3 is 10.2 Å². The van der Waals surface area contributed by atoms with Crippen molar-refractivity contribution in [3.8, 4) is 5.75 Å². The summed E-state index contributed by atoms with van der Waals surface area (Å²) in [5.74, 6) is -1.70. The van der Waals surface area contributed by atoms with Gasteiger partial charge in [-0.3, -0.25) is 9.36 Å².